The number of halogens is 1. The molecular formula is C23H25BrN4O. The third kappa shape index (κ3) is 4.70. The van der Waals surface area contributed by atoms with Crippen LogP contribution in [0.1, 0.15) is 35.2 Å². The first-order chi connectivity index (χ1) is 14.1. The van der Waals surface area contributed by atoms with Gasteiger partial charge in [-0.2, -0.15) is 5.10 Å². The summed E-state index contributed by atoms with van der Waals surface area (Å²) in [6.45, 7) is 2.87. The Balaban J connectivity index is 1.38. The second kappa shape index (κ2) is 8.82. The molecule has 0 unspecified atom stereocenters. The predicted octanol–water partition coefficient (Wildman–Crippen LogP) is 4.90. The van der Waals surface area contributed by atoms with Crippen molar-refractivity contribution in [2.24, 2.45) is 0 Å². The van der Waals surface area contributed by atoms with Crippen molar-refractivity contribution >= 4 is 27.5 Å². The molecule has 0 aliphatic carbocycles. The predicted molar refractivity (Wildman–Crippen MR) is 120 cm³/mol. The summed E-state index contributed by atoms with van der Waals surface area (Å²) in [4.78, 5) is 17.0. The maximum absolute atomic E-state index is 12.8. The van der Waals surface area contributed by atoms with E-state index in [1.165, 1.54) is 24.9 Å². The van der Waals surface area contributed by atoms with Crippen LogP contribution in [0.25, 0.3) is 5.69 Å². The molecule has 6 heteroatoms. The fourth-order valence-corrected chi connectivity index (χ4v) is 4.01. The van der Waals surface area contributed by atoms with Crippen molar-refractivity contribution in [1.82, 2.24) is 14.7 Å². The second-order valence-corrected chi connectivity index (χ2v) is 8.44. The molecule has 4 rings (SSSR count). The van der Waals surface area contributed by atoms with Crippen LogP contribution in [0.2, 0.25) is 0 Å². The molecule has 2 aromatic carbocycles. The van der Waals surface area contributed by atoms with Crippen LogP contribution in [0.3, 0.4) is 0 Å². The fraction of sp³-hybridized carbons (Fsp3) is 0.304. The molecule has 1 aliphatic rings. The highest BCUT2D eigenvalue weighted by atomic mass is 79.9. The van der Waals surface area contributed by atoms with E-state index in [4.69, 9.17) is 0 Å². The number of benzene rings is 2. The van der Waals surface area contributed by atoms with E-state index in [1.54, 1.807) is 15.8 Å². The Kier molecular flexibility index (Phi) is 6.00. The first-order valence-corrected chi connectivity index (χ1v) is 10.8. The molecule has 1 aromatic heterocycles. The summed E-state index contributed by atoms with van der Waals surface area (Å²) in [5.74, 6) is 0.0123. The molecule has 0 radical (unpaired) electrons. The minimum atomic E-state index is 0.0123. The van der Waals surface area contributed by atoms with Gasteiger partial charge in [-0.25, -0.2) is 4.68 Å². The molecule has 1 amide bonds. The average molecular weight is 453 g/mol. The highest BCUT2D eigenvalue weighted by molar-refractivity contribution is 9.10. The zero-order valence-corrected chi connectivity index (χ0v) is 18.2. The van der Waals surface area contributed by atoms with Gasteiger partial charge in [-0.05, 0) is 77.2 Å². The number of anilines is 1. The van der Waals surface area contributed by atoms with Crippen molar-refractivity contribution in [2.45, 2.75) is 25.8 Å². The molecule has 0 bridgehead atoms. The maximum Gasteiger partial charge on any atom is 0.253 e. The van der Waals surface area contributed by atoms with Gasteiger partial charge >= 0.3 is 0 Å². The Hall–Kier alpha value is -2.60. The number of aromatic nitrogens is 2. The zero-order valence-electron chi connectivity index (χ0n) is 16.6. The summed E-state index contributed by atoms with van der Waals surface area (Å²) in [6, 6.07) is 16.1. The number of carbonyl (C=O) groups is 1. The van der Waals surface area contributed by atoms with Crippen LogP contribution in [0.4, 0.5) is 5.69 Å². The lowest BCUT2D eigenvalue weighted by atomic mass is 10.1. The minimum Gasteiger partial charge on any atom is -0.372 e. The van der Waals surface area contributed by atoms with Crippen molar-refractivity contribution in [3.63, 3.8) is 0 Å². The van der Waals surface area contributed by atoms with E-state index in [0.29, 0.717) is 12.1 Å². The number of hydrogen-bond donors (Lipinski definition) is 0. The average Bonchev–Trinajstić information content (AvgIpc) is 3.21. The lowest BCUT2D eigenvalue weighted by Gasteiger charge is -2.29. The Morgan fingerprint density at radius 3 is 2.28 bits per heavy atom. The van der Waals surface area contributed by atoms with Crippen LogP contribution < -0.4 is 4.90 Å². The number of hydrogen-bond acceptors (Lipinski definition) is 3. The first kappa shape index (κ1) is 19.7. The summed E-state index contributed by atoms with van der Waals surface area (Å²) in [5.41, 5.74) is 4.01. The first-order valence-electron chi connectivity index (χ1n) is 10.00. The topological polar surface area (TPSA) is 41.4 Å². The number of amides is 1. The van der Waals surface area contributed by atoms with E-state index in [2.05, 4.69) is 50.2 Å². The van der Waals surface area contributed by atoms with Crippen LogP contribution in [0.15, 0.2) is 65.4 Å². The van der Waals surface area contributed by atoms with Crippen molar-refractivity contribution in [3.05, 3.63) is 76.5 Å². The molecule has 1 saturated heterocycles. The summed E-state index contributed by atoms with van der Waals surface area (Å²) in [6.07, 6.45) is 7.51. The summed E-state index contributed by atoms with van der Waals surface area (Å²) >= 11 is 3.40. The molecule has 0 atom stereocenters. The van der Waals surface area contributed by atoms with Crippen molar-refractivity contribution < 1.29 is 4.79 Å². The van der Waals surface area contributed by atoms with Gasteiger partial charge in [0, 0.05) is 44.1 Å². The largest absolute Gasteiger partial charge is 0.372 e. The van der Waals surface area contributed by atoms with E-state index in [0.717, 1.165) is 28.8 Å². The van der Waals surface area contributed by atoms with E-state index in [1.807, 2.05) is 37.5 Å². The standard InChI is InChI=1S/C23H25BrN4O/c1-26(16-18-5-9-21(10-6-18)27-13-3-2-4-14-27)23(29)19-7-11-22(12-8-19)28-17-20(24)15-25-28/h5-12,15,17H,2-4,13-14,16H2,1H3. The molecule has 29 heavy (non-hydrogen) atoms. The van der Waals surface area contributed by atoms with Gasteiger partial charge in [0.15, 0.2) is 0 Å². The SMILES string of the molecule is CN(Cc1ccc(N2CCCCC2)cc1)C(=O)c1ccc(-n2cc(Br)cn2)cc1. The molecule has 0 saturated carbocycles. The Labute approximate surface area is 180 Å². The van der Waals surface area contributed by atoms with Crippen LogP contribution >= 0.6 is 15.9 Å². The smallest absolute Gasteiger partial charge is 0.253 e. The second-order valence-electron chi connectivity index (χ2n) is 7.53. The Bertz CT molecular complexity index is 959. The highest BCUT2D eigenvalue weighted by Gasteiger charge is 2.14. The monoisotopic (exact) mass is 452 g/mol. The van der Waals surface area contributed by atoms with Gasteiger partial charge < -0.3 is 9.80 Å². The molecule has 0 spiro atoms. The summed E-state index contributed by atoms with van der Waals surface area (Å²) < 4.78 is 2.69. The van der Waals surface area contributed by atoms with Gasteiger partial charge in [-0.1, -0.05) is 12.1 Å². The van der Waals surface area contributed by atoms with E-state index in [-0.39, 0.29) is 5.91 Å². The van der Waals surface area contributed by atoms with Crippen molar-refractivity contribution in [1.29, 1.82) is 0 Å². The molecule has 1 fully saturated rings. The minimum absolute atomic E-state index is 0.0123. The van der Waals surface area contributed by atoms with Gasteiger partial charge in [-0.3, -0.25) is 4.79 Å². The Morgan fingerprint density at radius 1 is 1.00 bits per heavy atom. The number of piperidine rings is 1. The van der Waals surface area contributed by atoms with Crippen LogP contribution in [-0.4, -0.2) is 40.7 Å². The van der Waals surface area contributed by atoms with Gasteiger partial charge in [0.1, 0.15) is 0 Å². The van der Waals surface area contributed by atoms with Gasteiger partial charge in [0.2, 0.25) is 0 Å². The number of rotatable bonds is 5. The third-order valence-corrected chi connectivity index (χ3v) is 5.76. The lowest BCUT2D eigenvalue weighted by molar-refractivity contribution is 0.0785. The lowest BCUT2D eigenvalue weighted by Crippen LogP contribution is -2.29. The van der Waals surface area contributed by atoms with E-state index < -0.39 is 0 Å². The van der Waals surface area contributed by atoms with E-state index in [9.17, 15) is 4.79 Å². The fourth-order valence-electron chi connectivity index (χ4n) is 3.73. The van der Waals surface area contributed by atoms with Gasteiger partial charge in [-0.15, -0.1) is 0 Å². The van der Waals surface area contributed by atoms with Gasteiger partial charge in [0.05, 0.1) is 16.4 Å². The molecule has 1 aliphatic heterocycles. The van der Waals surface area contributed by atoms with Crippen LogP contribution in [-0.2, 0) is 6.54 Å². The molecule has 2 heterocycles. The number of carbonyl (C=O) groups excluding carboxylic acids is 1. The highest BCUT2D eigenvalue weighted by Crippen LogP contribution is 2.21. The van der Waals surface area contributed by atoms with Crippen molar-refractivity contribution in [3.8, 4) is 5.69 Å². The normalized spacial score (nSPS) is 14.1. The molecule has 3 aromatic rings. The van der Waals surface area contributed by atoms with Crippen molar-refractivity contribution in [2.75, 3.05) is 25.0 Å². The summed E-state index contributed by atoms with van der Waals surface area (Å²) in [7, 11) is 1.85. The Morgan fingerprint density at radius 2 is 1.66 bits per heavy atom. The molecule has 150 valence electrons. The molecular weight excluding hydrogens is 428 g/mol. The van der Waals surface area contributed by atoms with E-state index >= 15 is 0 Å². The van der Waals surface area contributed by atoms with Gasteiger partial charge in [0.25, 0.3) is 5.91 Å². The third-order valence-electron chi connectivity index (χ3n) is 5.35. The molecule has 0 N–H and O–H groups in total. The quantitative estimate of drug-likeness (QED) is 0.552. The number of nitrogens with zero attached hydrogens (tertiary/aromatic N) is 4. The summed E-state index contributed by atoms with van der Waals surface area (Å²) in [5, 5.41) is 4.26. The maximum atomic E-state index is 12.8. The van der Waals surface area contributed by atoms with Crippen LogP contribution in [0, 0.1) is 0 Å². The van der Waals surface area contributed by atoms with Crippen LogP contribution in [0.5, 0.6) is 0 Å². The zero-order chi connectivity index (χ0) is 20.2. The molecule has 5 nitrogen and oxygen atoms in total.